The van der Waals surface area contributed by atoms with Gasteiger partial charge in [-0.15, -0.1) is 11.3 Å². The molecule has 0 saturated carbocycles. The number of pyridine rings is 1. The molecule has 0 aliphatic carbocycles. The van der Waals surface area contributed by atoms with Crippen molar-refractivity contribution >= 4 is 50.7 Å². The summed E-state index contributed by atoms with van der Waals surface area (Å²) in [6.45, 7) is 0. The van der Waals surface area contributed by atoms with Gasteiger partial charge in [0.15, 0.2) is 10.7 Å². The minimum atomic E-state index is -0.283. The third kappa shape index (κ3) is 2.56. The van der Waals surface area contributed by atoms with Gasteiger partial charge in [0, 0.05) is 10.7 Å². The Balaban J connectivity index is 1.86. The van der Waals surface area contributed by atoms with Crippen LogP contribution in [0.2, 0.25) is 5.02 Å². The molecule has 100 valence electrons. The average Bonchev–Trinajstić information content (AvgIpc) is 2.84. The molecule has 1 amide bonds. The van der Waals surface area contributed by atoms with Gasteiger partial charge in [0.1, 0.15) is 5.82 Å². The molecule has 2 aromatic heterocycles. The lowest BCUT2D eigenvalue weighted by Crippen LogP contribution is -2.11. The van der Waals surface area contributed by atoms with Crippen molar-refractivity contribution in [2.24, 2.45) is 0 Å². The first kappa shape index (κ1) is 12.8. The van der Waals surface area contributed by atoms with Gasteiger partial charge in [-0.1, -0.05) is 11.6 Å². The number of anilines is 2. The number of carbonyl (C=O) groups excluding carboxylic acids is 1. The highest BCUT2D eigenvalue weighted by atomic mass is 35.5. The molecular weight excluding hydrogens is 296 g/mol. The molecule has 0 unspecified atom stereocenters. The fourth-order valence-corrected chi connectivity index (χ4v) is 2.58. The predicted molar refractivity (Wildman–Crippen MR) is 81.2 cm³/mol. The highest BCUT2D eigenvalue weighted by Gasteiger charge is 2.13. The second-order valence-electron chi connectivity index (χ2n) is 4.04. The van der Waals surface area contributed by atoms with E-state index in [-0.39, 0.29) is 5.91 Å². The van der Waals surface area contributed by atoms with Crippen LogP contribution in [0.3, 0.4) is 0 Å². The van der Waals surface area contributed by atoms with Gasteiger partial charge < -0.3 is 11.1 Å². The molecule has 0 fully saturated rings. The molecule has 0 bridgehead atoms. The Hall–Kier alpha value is -2.18. The van der Waals surface area contributed by atoms with Crippen LogP contribution in [-0.2, 0) is 0 Å². The van der Waals surface area contributed by atoms with E-state index < -0.39 is 0 Å². The number of hydrogen-bond acceptors (Lipinski definition) is 5. The number of nitrogens with two attached hydrogens (primary N) is 1. The predicted octanol–water partition coefficient (Wildman–Crippen LogP) is 3.18. The maximum absolute atomic E-state index is 12.1. The summed E-state index contributed by atoms with van der Waals surface area (Å²) in [5.74, 6) is 0.0985. The van der Waals surface area contributed by atoms with Crippen LogP contribution in [0.1, 0.15) is 9.80 Å². The van der Waals surface area contributed by atoms with Crippen molar-refractivity contribution in [2.75, 3.05) is 11.1 Å². The lowest BCUT2D eigenvalue weighted by Gasteiger charge is -2.02. The van der Waals surface area contributed by atoms with E-state index in [0.717, 1.165) is 4.70 Å². The van der Waals surface area contributed by atoms with Gasteiger partial charge in [0.05, 0.1) is 4.70 Å². The SMILES string of the molecule is Nc1ccc2sc(C(=O)Nc3ccc(Cl)cc3)nc2n1. The van der Waals surface area contributed by atoms with E-state index in [0.29, 0.717) is 27.2 Å². The molecule has 0 aliphatic heterocycles. The van der Waals surface area contributed by atoms with Crippen molar-refractivity contribution in [3.05, 3.63) is 46.4 Å². The minimum absolute atomic E-state index is 0.283. The minimum Gasteiger partial charge on any atom is -0.384 e. The van der Waals surface area contributed by atoms with E-state index in [1.165, 1.54) is 11.3 Å². The molecule has 0 aliphatic rings. The van der Waals surface area contributed by atoms with E-state index in [2.05, 4.69) is 15.3 Å². The standard InChI is InChI=1S/C13H9ClN4OS/c14-7-1-3-8(4-2-7)16-12(19)13-18-11-9(20-13)5-6-10(15)17-11/h1-6H,(H2,15,17)(H,16,19). The molecule has 0 spiro atoms. The molecule has 2 heterocycles. The third-order valence-electron chi connectivity index (χ3n) is 2.57. The smallest absolute Gasteiger partial charge is 0.284 e. The molecule has 7 heteroatoms. The number of fused-ring (bicyclic) bond motifs is 1. The number of nitrogens with one attached hydrogen (secondary N) is 1. The molecule has 0 radical (unpaired) electrons. The van der Waals surface area contributed by atoms with Crippen LogP contribution < -0.4 is 11.1 Å². The Labute approximate surface area is 123 Å². The van der Waals surface area contributed by atoms with Gasteiger partial charge in [-0.3, -0.25) is 4.79 Å². The average molecular weight is 305 g/mol. The number of halogens is 1. The zero-order chi connectivity index (χ0) is 14.1. The number of nitrogen functional groups attached to an aromatic ring is 1. The fourth-order valence-electron chi connectivity index (χ4n) is 1.65. The number of aromatic nitrogens is 2. The van der Waals surface area contributed by atoms with E-state index in [9.17, 15) is 4.79 Å². The molecule has 20 heavy (non-hydrogen) atoms. The van der Waals surface area contributed by atoms with E-state index in [1.807, 2.05) is 0 Å². The molecular formula is C13H9ClN4OS. The number of rotatable bonds is 2. The summed E-state index contributed by atoms with van der Waals surface area (Å²) in [5, 5.41) is 3.71. The Morgan fingerprint density at radius 3 is 2.65 bits per heavy atom. The topological polar surface area (TPSA) is 80.9 Å². The highest BCUT2D eigenvalue weighted by Crippen LogP contribution is 2.22. The van der Waals surface area contributed by atoms with Crippen LogP contribution in [0.15, 0.2) is 36.4 Å². The van der Waals surface area contributed by atoms with E-state index in [4.69, 9.17) is 17.3 Å². The first-order valence-electron chi connectivity index (χ1n) is 5.72. The number of benzene rings is 1. The summed E-state index contributed by atoms with van der Waals surface area (Å²) in [7, 11) is 0. The second kappa shape index (κ2) is 5.07. The van der Waals surface area contributed by atoms with Gasteiger partial charge in [0.25, 0.3) is 5.91 Å². The highest BCUT2D eigenvalue weighted by molar-refractivity contribution is 7.20. The number of amides is 1. The fraction of sp³-hybridized carbons (Fsp3) is 0. The molecule has 0 atom stereocenters. The van der Waals surface area contributed by atoms with Gasteiger partial charge in [-0.25, -0.2) is 9.97 Å². The van der Waals surface area contributed by atoms with E-state index in [1.54, 1.807) is 36.4 Å². The summed E-state index contributed by atoms with van der Waals surface area (Å²) < 4.78 is 0.820. The van der Waals surface area contributed by atoms with Crippen molar-refractivity contribution < 1.29 is 4.79 Å². The maximum Gasteiger partial charge on any atom is 0.284 e. The number of nitrogens with zero attached hydrogens (tertiary/aromatic N) is 2. The zero-order valence-corrected chi connectivity index (χ0v) is 11.7. The van der Waals surface area contributed by atoms with Crippen LogP contribution >= 0.6 is 22.9 Å². The maximum atomic E-state index is 12.1. The lowest BCUT2D eigenvalue weighted by molar-refractivity contribution is 0.102. The van der Waals surface area contributed by atoms with Crippen LogP contribution in [0.4, 0.5) is 11.5 Å². The van der Waals surface area contributed by atoms with E-state index >= 15 is 0 Å². The zero-order valence-electron chi connectivity index (χ0n) is 10.1. The summed E-state index contributed by atoms with van der Waals surface area (Å²) in [5.41, 5.74) is 6.73. The number of carbonyl (C=O) groups is 1. The molecule has 3 N–H and O–H groups in total. The lowest BCUT2D eigenvalue weighted by atomic mass is 10.3. The van der Waals surface area contributed by atoms with Crippen LogP contribution in [0.25, 0.3) is 10.3 Å². The van der Waals surface area contributed by atoms with Crippen LogP contribution in [0.5, 0.6) is 0 Å². The van der Waals surface area contributed by atoms with Crippen LogP contribution in [-0.4, -0.2) is 15.9 Å². The molecule has 5 nitrogen and oxygen atoms in total. The summed E-state index contributed by atoms with van der Waals surface area (Å²) >= 11 is 7.06. The Kier molecular flexibility index (Phi) is 3.25. The largest absolute Gasteiger partial charge is 0.384 e. The van der Waals surface area contributed by atoms with Gasteiger partial charge in [-0.2, -0.15) is 0 Å². The number of thiazole rings is 1. The Bertz CT molecular complexity index is 785. The monoisotopic (exact) mass is 304 g/mol. The summed E-state index contributed by atoms with van der Waals surface area (Å²) in [6, 6.07) is 10.3. The Morgan fingerprint density at radius 2 is 1.90 bits per heavy atom. The summed E-state index contributed by atoms with van der Waals surface area (Å²) in [6.07, 6.45) is 0. The van der Waals surface area contributed by atoms with Crippen molar-refractivity contribution in [3.8, 4) is 0 Å². The second-order valence-corrected chi connectivity index (χ2v) is 5.50. The summed E-state index contributed by atoms with van der Waals surface area (Å²) in [4.78, 5) is 20.4. The van der Waals surface area contributed by atoms with Crippen LogP contribution in [0, 0.1) is 0 Å². The van der Waals surface area contributed by atoms with Crippen molar-refractivity contribution in [3.63, 3.8) is 0 Å². The quantitative estimate of drug-likeness (QED) is 0.762. The third-order valence-corrected chi connectivity index (χ3v) is 3.83. The van der Waals surface area contributed by atoms with Crippen molar-refractivity contribution in [1.29, 1.82) is 0 Å². The molecule has 0 saturated heterocycles. The normalized spacial score (nSPS) is 10.7. The first-order valence-corrected chi connectivity index (χ1v) is 6.91. The molecule has 3 rings (SSSR count). The van der Waals surface area contributed by atoms with Crippen molar-refractivity contribution in [2.45, 2.75) is 0 Å². The van der Waals surface area contributed by atoms with Gasteiger partial charge >= 0.3 is 0 Å². The number of hydrogen-bond donors (Lipinski definition) is 2. The molecule has 3 aromatic rings. The molecule has 1 aromatic carbocycles. The van der Waals surface area contributed by atoms with Gasteiger partial charge in [-0.05, 0) is 36.4 Å². The Morgan fingerprint density at radius 1 is 1.15 bits per heavy atom. The van der Waals surface area contributed by atoms with Crippen molar-refractivity contribution in [1.82, 2.24) is 9.97 Å². The first-order chi connectivity index (χ1) is 9.61. The van der Waals surface area contributed by atoms with Gasteiger partial charge in [0.2, 0.25) is 0 Å².